The second kappa shape index (κ2) is 8.14. The number of unbranched alkanes of at least 4 members (excludes halogenated alkanes) is 3. The monoisotopic (exact) mass is 279 g/mol. The third-order valence-corrected chi connectivity index (χ3v) is 3.05. The summed E-state index contributed by atoms with van der Waals surface area (Å²) in [6.07, 6.45) is 4.20. The number of nitro benzene ring substituents is 1. The number of benzene rings is 1. The first-order valence-corrected chi connectivity index (χ1v) is 6.85. The highest BCUT2D eigenvalue weighted by atomic mass is 16.6. The average molecular weight is 279 g/mol. The Bertz CT molecular complexity index is 475. The minimum Gasteiger partial charge on any atom is -0.383 e. The van der Waals surface area contributed by atoms with Gasteiger partial charge in [-0.2, -0.15) is 0 Å². The van der Waals surface area contributed by atoms with E-state index in [2.05, 4.69) is 17.6 Å². The zero-order valence-electron chi connectivity index (χ0n) is 11.9. The molecule has 6 nitrogen and oxygen atoms in total. The minimum atomic E-state index is -0.530. The smallest absolute Gasteiger partial charge is 0.305 e. The number of para-hydroxylation sites is 1. The van der Waals surface area contributed by atoms with E-state index in [9.17, 15) is 14.9 Å². The van der Waals surface area contributed by atoms with Crippen LogP contribution < -0.4 is 10.6 Å². The lowest BCUT2D eigenvalue weighted by atomic mass is 10.1. The van der Waals surface area contributed by atoms with Crippen molar-refractivity contribution in [1.82, 2.24) is 5.32 Å². The van der Waals surface area contributed by atoms with E-state index in [4.69, 9.17) is 0 Å². The first-order chi connectivity index (χ1) is 9.61. The lowest BCUT2D eigenvalue weighted by Crippen LogP contribution is -2.25. The van der Waals surface area contributed by atoms with Gasteiger partial charge in [0.1, 0.15) is 11.3 Å². The van der Waals surface area contributed by atoms with Crippen molar-refractivity contribution in [3.8, 4) is 0 Å². The molecule has 0 aliphatic carbocycles. The van der Waals surface area contributed by atoms with Crippen molar-refractivity contribution >= 4 is 17.3 Å². The van der Waals surface area contributed by atoms with Gasteiger partial charge in [-0.1, -0.05) is 32.3 Å². The molecule has 0 bridgehead atoms. The number of amides is 1. The molecule has 1 rings (SSSR count). The molecule has 0 spiro atoms. The van der Waals surface area contributed by atoms with E-state index in [1.165, 1.54) is 6.07 Å². The second-order valence-corrected chi connectivity index (χ2v) is 4.53. The summed E-state index contributed by atoms with van der Waals surface area (Å²) in [5, 5.41) is 16.6. The summed E-state index contributed by atoms with van der Waals surface area (Å²) in [5.74, 6) is -0.398. The number of anilines is 1. The number of carbonyl (C=O) groups excluding carboxylic acids is 1. The maximum absolute atomic E-state index is 12.0. The molecule has 110 valence electrons. The van der Waals surface area contributed by atoms with Gasteiger partial charge in [-0.05, 0) is 18.6 Å². The molecule has 0 aliphatic rings. The summed E-state index contributed by atoms with van der Waals surface area (Å²) in [6.45, 7) is 2.66. The number of rotatable bonds is 8. The molecule has 0 aliphatic heterocycles. The largest absolute Gasteiger partial charge is 0.383 e. The SMILES string of the molecule is CCCCCCNC(=O)c1cccc(NC)c1[N+](=O)[O-]. The van der Waals surface area contributed by atoms with Crippen molar-refractivity contribution in [3.63, 3.8) is 0 Å². The van der Waals surface area contributed by atoms with Crippen LogP contribution in [0.5, 0.6) is 0 Å². The van der Waals surface area contributed by atoms with Crippen LogP contribution >= 0.6 is 0 Å². The molecule has 1 amide bonds. The Morgan fingerprint density at radius 1 is 1.30 bits per heavy atom. The zero-order chi connectivity index (χ0) is 15.0. The molecule has 0 fully saturated rings. The van der Waals surface area contributed by atoms with Crippen LogP contribution in [0.25, 0.3) is 0 Å². The van der Waals surface area contributed by atoms with Gasteiger partial charge in [0.15, 0.2) is 0 Å². The van der Waals surface area contributed by atoms with Crippen LogP contribution in [0.15, 0.2) is 18.2 Å². The molecule has 0 atom stereocenters. The van der Waals surface area contributed by atoms with Crippen molar-refractivity contribution in [1.29, 1.82) is 0 Å². The average Bonchev–Trinajstić information content (AvgIpc) is 2.45. The second-order valence-electron chi connectivity index (χ2n) is 4.53. The fourth-order valence-electron chi connectivity index (χ4n) is 1.97. The predicted octanol–water partition coefficient (Wildman–Crippen LogP) is 2.95. The quantitative estimate of drug-likeness (QED) is 0.435. The standard InChI is InChI=1S/C14H21N3O3/c1-3-4-5-6-10-16-14(18)11-8-7-9-12(15-2)13(11)17(19)20/h7-9,15H,3-6,10H2,1-2H3,(H,16,18). The van der Waals surface area contributed by atoms with Crippen molar-refractivity contribution in [2.45, 2.75) is 32.6 Å². The number of carbonyl (C=O) groups is 1. The van der Waals surface area contributed by atoms with Crippen molar-refractivity contribution in [2.24, 2.45) is 0 Å². The molecule has 0 heterocycles. The topological polar surface area (TPSA) is 84.3 Å². The maximum Gasteiger partial charge on any atom is 0.305 e. The molecule has 2 N–H and O–H groups in total. The van der Waals surface area contributed by atoms with Gasteiger partial charge < -0.3 is 10.6 Å². The molecule has 0 saturated carbocycles. The van der Waals surface area contributed by atoms with Crippen molar-refractivity contribution in [3.05, 3.63) is 33.9 Å². The third kappa shape index (κ3) is 4.22. The van der Waals surface area contributed by atoms with Gasteiger partial charge in [0, 0.05) is 13.6 Å². The van der Waals surface area contributed by atoms with Gasteiger partial charge in [-0.3, -0.25) is 14.9 Å². The Morgan fingerprint density at radius 2 is 2.05 bits per heavy atom. The molecule has 20 heavy (non-hydrogen) atoms. The normalized spacial score (nSPS) is 10.1. The first kappa shape index (κ1) is 15.9. The molecular formula is C14H21N3O3. The van der Waals surface area contributed by atoms with Crippen LogP contribution in [0, 0.1) is 10.1 Å². The summed E-state index contributed by atoms with van der Waals surface area (Å²) >= 11 is 0. The lowest BCUT2D eigenvalue weighted by Gasteiger charge is -2.08. The molecule has 6 heteroatoms. The summed E-state index contributed by atoms with van der Waals surface area (Å²) in [4.78, 5) is 22.6. The van der Waals surface area contributed by atoms with Crippen molar-refractivity contribution < 1.29 is 9.72 Å². The maximum atomic E-state index is 12.0. The Morgan fingerprint density at radius 3 is 2.65 bits per heavy atom. The number of nitrogens with one attached hydrogen (secondary N) is 2. The van der Waals surface area contributed by atoms with Gasteiger partial charge in [0.05, 0.1) is 4.92 Å². The molecular weight excluding hydrogens is 258 g/mol. The fraction of sp³-hybridized carbons (Fsp3) is 0.500. The van der Waals surface area contributed by atoms with E-state index in [1.54, 1.807) is 19.2 Å². The number of hydrogen-bond donors (Lipinski definition) is 2. The van der Waals surface area contributed by atoms with Crippen LogP contribution in [-0.2, 0) is 0 Å². The predicted molar refractivity (Wildman–Crippen MR) is 79.1 cm³/mol. The molecule has 1 aromatic carbocycles. The van der Waals surface area contributed by atoms with Gasteiger partial charge in [-0.25, -0.2) is 0 Å². The zero-order valence-corrected chi connectivity index (χ0v) is 11.9. The van der Waals surface area contributed by atoms with Crippen LogP contribution in [0.4, 0.5) is 11.4 Å². The minimum absolute atomic E-state index is 0.0948. The number of hydrogen-bond acceptors (Lipinski definition) is 4. The number of nitro groups is 1. The Labute approximate surface area is 118 Å². The van der Waals surface area contributed by atoms with E-state index in [-0.39, 0.29) is 11.3 Å². The van der Waals surface area contributed by atoms with Gasteiger partial charge in [-0.15, -0.1) is 0 Å². The third-order valence-electron chi connectivity index (χ3n) is 3.05. The lowest BCUT2D eigenvalue weighted by molar-refractivity contribution is -0.384. The van der Waals surface area contributed by atoms with Gasteiger partial charge in [0.25, 0.3) is 5.91 Å². The Hall–Kier alpha value is -2.11. The van der Waals surface area contributed by atoms with E-state index < -0.39 is 10.8 Å². The Balaban J connectivity index is 2.75. The first-order valence-electron chi connectivity index (χ1n) is 6.85. The molecule has 0 aromatic heterocycles. The summed E-state index contributed by atoms with van der Waals surface area (Å²) in [5.41, 5.74) is 0.257. The van der Waals surface area contributed by atoms with Crippen molar-refractivity contribution in [2.75, 3.05) is 18.9 Å². The molecule has 1 aromatic rings. The highest BCUT2D eigenvalue weighted by Gasteiger charge is 2.23. The Kier molecular flexibility index (Phi) is 6.49. The summed E-state index contributed by atoms with van der Waals surface area (Å²) in [7, 11) is 1.59. The van der Waals surface area contributed by atoms with E-state index in [1.807, 2.05) is 0 Å². The van der Waals surface area contributed by atoms with E-state index in [0.717, 1.165) is 25.7 Å². The highest BCUT2D eigenvalue weighted by molar-refractivity contribution is 6.00. The number of nitrogens with zero attached hydrogens (tertiary/aromatic N) is 1. The molecule has 0 unspecified atom stereocenters. The highest BCUT2D eigenvalue weighted by Crippen LogP contribution is 2.28. The van der Waals surface area contributed by atoms with Gasteiger partial charge >= 0.3 is 5.69 Å². The van der Waals surface area contributed by atoms with E-state index in [0.29, 0.717) is 12.2 Å². The molecule has 0 radical (unpaired) electrons. The van der Waals surface area contributed by atoms with Crippen LogP contribution in [-0.4, -0.2) is 24.4 Å². The van der Waals surface area contributed by atoms with Crippen LogP contribution in [0.2, 0.25) is 0 Å². The summed E-state index contributed by atoms with van der Waals surface area (Å²) in [6, 6.07) is 4.68. The molecule has 0 saturated heterocycles. The van der Waals surface area contributed by atoms with Gasteiger partial charge in [0.2, 0.25) is 0 Å². The van der Waals surface area contributed by atoms with Crippen LogP contribution in [0.3, 0.4) is 0 Å². The van der Waals surface area contributed by atoms with E-state index >= 15 is 0 Å². The summed E-state index contributed by atoms with van der Waals surface area (Å²) < 4.78 is 0. The fourth-order valence-corrected chi connectivity index (χ4v) is 1.97. The van der Waals surface area contributed by atoms with Crippen LogP contribution in [0.1, 0.15) is 43.0 Å².